The third-order valence-electron chi connectivity index (χ3n) is 6.96. The van der Waals surface area contributed by atoms with Crippen LogP contribution in [0.4, 0.5) is 5.69 Å². The number of anilines is 1. The molecule has 3 aromatic rings. The number of benzene rings is 2. The van der Waals surface area contributed by atoms with Crippen molar-refractivity contribution < 1.29 is 9.53 Å². The summed E-state index contributed by atoms with van der Waals surface area (Å²) in [5.41, 5.74) is 3.96. The average Bonchev–Trinajstić information content (AvgIpc) is 3.33. The zero-order chi connectivity index (χ0) is 22.6. The third-order valence-corrected chi connectivity index (χ3v) is 7.84. The van der Waals surface area contributed by atoms with Crippen LogP contribution in [0.25, 0.3) is 10.1 Å². The first-order chi connectivity index (χ1) is 16.2. The van der Waals surface area contributed by atoms with Crippen molar-refractivity contribution in [3.63, 3.8) is 0 Å². The molecule has 33 heavy (non-hydrogen) atoms. The minimum atomic E-state index is 0.149. The maximum Gasteiger partial charge on any atom is 0.219 e. The van der Waals surface area contributed by atoms with Gasteiger partial charge in [-0.05, 0) is 72.6 Å². The Morgan fingerprint density at radius 1 is 1.00 bits per heavy atom. The normalized spacial score (nSPS) is 16.8. The summed E-state index contributed by atoms with van der Waals surface area (Å²) in [5.74, 6) is 1.08. The number of fused-ring (bicyclic) bond motifs is 2. The Labute approximate surface area is 200 Å². The molecule has 174 valence electrons. The highest BCUT2D eigenvalue weighted by Gasteiger charge is 2.19. The Hall–Kier alpha value is -2.57. The largest absolute Gasteiger partial charge is 0.494 e. The molecule has 0 N–H and O–H groups in total. The molecule has 0 atom stereocenters. The molecule has 2 aliphatic heterocycles. The lowest BCUT2D eigenvalue weighted by molar-refractivity contribution is -0.129. The lowest BCUT2D eigenvalue weighted by Gasteiger charge is -2.36. The van der Waals surface area contributed by atoms with E-state index in [2.05, 4.69) is 57.6 Å². The van der Waals surface area contributed by atoms with Gasteiger partial charge in [0.2, 0.25) is 5.91 Å². The van der Waals surface area contributed by atoms with Crippen molar-refractivity contribution in [2.24, 2.45) is 0 Å². The quantitative estimate of drug-likeness (QED) is 0.472. The van der Waals surface area contributed by atoms with Crippen LogP contribution in [0.2, 0.25) is 0 Å². The number of unbranched alkanes of at least 4 members (excludes halogenated alkanes) is 1. The number of carbonyl (C=O) groups excluding carboxylic acids is 1. The van der Waals surface area contributed by atoms with Crippen molar-refractivity contribution in [1.82, 2.24) is 9.80 Å². The van der Waals surface area contributed by atoms with Crippen LogP contribution < -0.4 is 9.64 Å². The number of hydrogen-bond donors (Lipinski definition) is 0. The summed E-state index contributed by atoms with van der Waals surface area (Å²) in [6, 6.07) is 15.3. The maximum atomic E-state index is 11.7. The summed E-state index contributed by atoms with van der Waals surface area (Å²) in [6.07, 6.45) is 3.15. The fourth-order valence-electron chi connectivity index (χ4n) is 4.99. The maximum absolute atomic E-state index is 11.7. The van der Waals surface area contributed by atoms with Crippen molar-refractivity contribution in [3.05, 3.63) is 59.0 Å². The van der Waals surface area contributed by atoms with E-state index in [-0.39, 0.29) is 5.91 Å². The molecule has 0 unspecified atom stereocenters. The molecule has 1 fully saturated rings. The molecule has 0 spiro atoms. The van der Waals surface area contributed by atoms with Gasteiger partial charge in [0.25, 0.3) is 0 Å². The second kappa shape index (κ2) is 10.1. The van der Waals surface area contributed by atoms with Crippen LogP contribution in [0.15, 0.2) is 47.8 Å². The first kappa shape index (κ1) is 22.2. The van der Waals surface area contributed by atoms with Crippen LogP contribution in [0.3, 0.4) is 0 Å². The van der Waals surface area contributed by atoms with Crippen LogP contribution >= 0.6 is 11.3 Å². The summed E-state index contributed by atoms with van der Waals surface area (Å²) in [7, 11) is 0. The topological polar surface area (TPSA) is 36.0 Å². The Morgan fingerprint density at radius 3 is 2.73 bits per heavy atom. The van der Waals surface area contributed by atoms with Gasteiger partial charge in [0.05, 0.1) is 6.61 Å². The van der Waals surface area contributed by atoms with Gasteiger partial charge in [0.15, 0.2) is 0 Å². The molecule has 1 saturated heterocycles. The molecule has 0 radical (unpaired) electrons. The molecule has 1 amide bonds. The van der Waals surface area contributed by atoms with Crippen LogP contribution in [-0.2, 0) is 17.8 Å². The van der Waals surface area contributed by atoms with E-state index in [0.717, 1.165) is 70.9 Å². The van der Waals surface area contributed by atoms with Gasteiger partial charge in [-0.25, -0.2) is 0 Å². The molecule has 1 aromatic heterocycles. The SMILES string of the molecule is CC(=O)N1CCc2ccc(OCCCCN3CCN(c4cccc5sccc45)CC3)cc2C1. The van der Waals surface area contributed by atoms with E-state index in [1.165, 1.54) is 26.9 Å². The average molecular weight is 464 g/mol. The second-order valence-corrected chi connectivity index (χ2v) is 10.1. The number of thiophene rings is 1. The molecule has 0 aliphatic carbocycles. The molecule has 0 bridgehead atoms. The number of carbonyl (C=O) groups is 1. The molecular weight excluding hydrogens is 430 g/mol. The number of rotatable bonds is 7. The predicted octanol–water partition coefficient (Wildman–Crippen LogP) is 4.79. The van der Waals surface area contributed by atoms with Gasteiger partial charge in [-0.15, -0.1) is 11.3 Å². The smallest absolute Gasteiger partial charge is 0.219 e. The van der Waals surface area contributed by atoms with Gasteiger partial charge >= 0.3 is 0 Å². The number of ether oxygens (including phenoxy) is 1. The van der Waals surface area contributed by atoms with E-state index < -0.39 is 0 Å². The molecule has 5 rings (SSSR count). The van der Waals surface area contributed by atoms with Crippen molar-refractivity contribution in [3.8, 4) is 5.75 Å². The molecule has 6 heteroatoms. The molecule has 5 nitrogen and oxygen atoms in total. The van der Waals surface area contributed by atoms with Crippen molar-refractivity contribution in [2.75, 3.05) is 50.8 Å². The Balaban J connectivity index is 1.03. The van der Waals surface area contributed by atoms with Crippen LogP contribution in [0, 0.1) is 0 Å². The van der Waals surface area contributed by atoms with Gasteiger partial charge in [0, 0.05) is 62.0 Å². The summed E-state index contributed by atoms with van der Waals surface area (Å²) >= 11 is 1.82. The van der Waals surface area contributed by atoms with E-state index in [9.17, 15) is 4.79 Å². The fraction of sp³-hybridized carbons (Fsp3) is 0.444. The van der Waals surface area contributed by atoms with Crippen LogP contribution in [0.5, 0.6) is 5.75 Å². The first-order valence-electron chi connectivity index (χ1n) is 12.1. The molecular formula is C27H33N3O2S. The zero-order valence-corrected chi connectivity index (χ0v) is 20.3. The predicted molar refractivity (Wildman–Crippen MR) is 136 cm³/mol. The highest BCUT2D eigenvalue weighted by Crippen LogP contribution is 2.31. The lowest BCUT2D eigenvalue weighted by atomic mass is 9.99. The molecule has 0 saturated carbocycles. The molecule has 2 aromatic carbocycles. The monoisotopic (exact) mass is 463 g/mol. The van der Waals surface area contributed by atoms with Gasteiger partial charge in [-0.1, -0.05) is 12.1 Å². The Bertz CT molecular complexity index is 1100. The Morgan fingerprint density at radius 2 is 1.88 bits per heavy atom. The zero-order valence-electron chi connectivity index (χ0n) is 19.5. The van der Waals surface area contributed by atoms with Gasteiger partial charge < -0.3 is 14.5 Å². The first-order valence-corrected chi connectivity index (χ1v) is 13.0. The summed E-state index contributed by atoms with van der Waals surface area (Å²) in [6.45, 7) is 9.49. The highest BCUT2D eigenvalue weighted by molar-refractivity contribution is 7.17. The van der Waals surface area contributed by atoms with Crippen molar-refractivity contribution >= 4 is 33.0 Å². The highest BCUT2D eigenvalue weighted by atomic mass is 32.1. The van der Waals surface area contributed by atoms with Gasteiger partial charge in [-0.3, -0.25) is 9.69 Å². The minimum absolute atomic E-state index is 0.149. The van der Waals surface area contributed by atoms with Crippen LogP contribution in [0.1, 0.15) is 30.9 Å². The number of hydrogen-bond acceptors (Lipinski definition) is 5. The standard InChI is InChI=1S/C27H33N3O2S/c1-21(31)30-12-9-22-7-8-24(19-23(22)20-30)32-17-3-2-11-28-13-15-29(16-14-28)26-5-4-6-27-25(26)10-18-33-27/h4-8,10,18-19H,2-3,9,11-17,20H2,1H3. The summed E-state index contributed by atoms with van der Waals surface area (Å²) < 4.78 is 7.42. The number of piperazine rings is 1. The van der Waals surface area contributed by atoms with Crippen LogP contribution in [-0.4, -0.2) is 61.6 Å². The minimum Gasteiger partial charge on any atom is -0.494 e. The Kier molecular flexibility index (Phi) is 6.83. The number of amides is 1. The molecule has 2 aliphatic rings. The second-order valence-electron chi connectivity index (χ2n) is 9.11. The van der Waals surface area contributed by atoms with Gasteiger partial charge in [-0.2, -0.15) is 0 Å². The lowest BCUT2D eigenvalue weighted by Crippen LogP contribution is -2.46. The van der Waals surface area contributed by atoms with E-state index in [1.54, 1.807) is 6.92 Å². The van der Waals surface area contributed by atoms with Crippen molar-refractivity contribution in [1.29, 1.82) is 0 Å². The summed E-state index contributed by atoms with van der Waals surface area (Å²) in [4.78, 5) is 18.7. The van der Waals surface area contributed by atoms with E-state index in [0.29, 0.717) is 6.54 Å². The van der Waals surface area contributed by atoms with E-state index in [4.69, 9.17) is 4.74 Å². The van der Waals surface area contributed by atoms with E-state index in [1.807, 2.05) is 16.2 Å². The van der Waals surface area contributed by atoms with Gasteiger partial charge in [0.1, 0.15) is 5.75 Å². The third kappa shape index (κ3) is 5.17. The number of nitrogens with zero attached hydrogens (tertiary/aromatic N) is 3. The van der Waals surface area contributed by atoms with Crippen molar-refractivity contribution in [2.45, 2.75) is 32.7 Å². The van der Waals surface area contributed by atoms with E-state index >= 15 is 0 Å². The summed E-state index contributed by atoms with van der Waals surface area (Å²) in [5, 5.41) is 3.58. The molecule has 3 heterocycles. The fourth-order valence-corrected chi connectivity index (χ4v) is 5.79.